The molecule has 0 spiro atoms. The van der Waals surface area contributed by atoms with E-state index in [9.17, 15) is 13.2 Å². The Hall–Kier alpha value is -1.31. The maximum absolute atomic E-state index is 11.5. The van der Waals surface area contributed by atoms with Crippen LogP contribution in [0.15, 0.2) is 29.2 Å². The van der Waals surface area contributed by atoms with Crippen molar-refractivity contribution in [3.05, 3.63) is 24.3 Å². The van der Waals surface area contributed by atoms with Crippen LogP contribution in [0, 0.1) is 0 Å². The van der Waals surface area contributed by atoms with Crippen LogP contribution in [0.3, 0.4) is 0 Å². The van der Waals surface area contributed by atoms with E-state index in [0.717, 1.165) is 6.26 Å². The van der Waals surface area contributed by atoms with Gasteiger partial charge in [-0.15, -0.1) is 12.4 Å². The summed E-state index contributed by atoms with van der Waals surface area (Å²) in [6.45, 7) is 2.43. The number of rotatable bonds is 7. The second-order valence-electron chi connectivity index (χ2n) is 4.55. The first-order chi connectivity index (χ1) is 9.32. The van der Waals surface area contributed by atoms with Crippen LogP contribution in [0.2, 0.25) is 0 Å². The number of nitrogens with one attached hydrogen (secondary N) is 1. The largest absolute Gasteiger partial charge is 0.493 e. The predicted molar refractivity (Wildman–Crippen MR) is 83.6 cm³/mol. The van der Waals surface area contributed by atoms with Crippen LogP contribution in [-0.4, -0.2) is 39.8 Å². The average Bonchev–Trinajstić information content (AvgIpc) is 2.38. The summed E-state index contributed by atoms with van der Waals surface area (Å²) >= 11 is 0. The predicted octanol–water partition coefficient (Wildman–Crippen LogP) is 0.744. The number of carbonyl (C=O) groups excluding carboxylic acids is 1. The van der Waals surface area contributed by atoms with Gasteiger partial charge in [-0.1, -0.05) is 0 Å². The minimum absolute atomic E-state index is 0. The molecule has 0 aliphatic heterocycles. The second kappa shape index (κ2) is 8.86. The molecule has 0 aliphatic rings. The monoisotopic (exact) mass is 336 g/mol. The Morgan fingerprint density at radius 3 is 2.38 bits per heavy atom. The fraction of sp³-hybridized carbons (Fsp3) is 0.462. The van der Waals surface area contributed by atoms with Crippen molar-refractivity contribution in [1.29, 1.82) is 0 Å². The lowest BCUT2D eigenvalue weighted by Crippen LogP contribution is -2.38. The summed E-state index contributed by atoms with van der Waals surface area (Å²) in [6.07, 6.45) is 1.37. The number of halogens is 1. The van der Waals surface area contributed by atoms with Crippen LogP contribution in [0.25, 0.3) is 0 Å². The van der Waals surface area contributed by atoms with Gasteiger partial charge in [-0.25, -0.2) is 8.42 Å². The number of sulfone groups is 1. The summed E-state index contributed by atoms with van der Waals surface area (Å²) in [4.78, 5) is 11.7. The summed E-state index contributed by atoms with van der Waals surface area (Å²) in [6, 6.07) is 6.02. The minimum atomic E-state index is -3.20. The fourth-order valence-electron chi connectivity index (χ4n) is 1.45. The fourth-order valence-corrected chi connectivity index (χ4v) is 2.08. The van der Waals surface area contributed by atoms with E-state index in [-0.39, 0.29) is 42.3 Å². The lowest BCUT2D eigenvalue weighted by Gasteiger charge is -2.11. The van der Waals surface area contributed by atoms with Gasteiger partial charge in [-0.05, 0) is 31.2 Å². The van der Waals surface area contributed by atoms with E-state index < -0.39 is 9.84 Å². The summed E-state index contributed by atoms with van der Waals surface area (Å²) in [7, 11) is -3.20. The van der Waals surface area contributed by atoms with Gasteiger partial charge in [0.25, 0.3) is 0 Å². The van der Waals surface area contributed by atoms with Crippen LogP contribution in [0.4, 0.5) is 0 Å². The van der Waals surface area contributed by atoms with E-state index in [1.54, 1.807) is 12.1 Å². The van der Waals surface area contributed by atoms with E-state index >= 15 is 0 Å². The molecule has 21 heavy (non-hydrogen) atoms. The third-order valence-corrected chi connectivity index (χ3v) is 3.74. The van der Waals surface area contributed by atoms with Crippen molar-refractivity contribution in [2.24, 2.45) is 5.73 Å². The molecule has 1 atom stereocenters. The number of hydrogen-bond acceptors (Lipinski definition) is 5. The first-order valence-corrected chi connectivity index (χ1v) is 8.14. The Morgan fingerprint density at radius 2 is 1.90 bits per heavy atom. The van der Waals surface area contributed by atoms with Gasteiger partial charge in [0.1, 0.15) is 5.75 Å². The van der Waals surface area contributed by atoms with Crippen LogP contribution >= 0.6 is 12.4 Å². The number of amides is 1. The molecular weight excluding hydrogens is 316 g/mol. The molecule has 0 aromatic heterocycles. The normalized spacial score (nSPS) is 12.1. The lowest BCUT2D eigenvalue weighted by molar-refractivity contribution is -0.122. The van der Waals surface area contributed by atoms with Crippen LogP contribution in [0.5, 0.6) is 5.75 Å². The van der Waals surface area contributed by atoms with E-state index in [0.29, 0.717) is 12.3 Å². The first kappa shape index (κ1) is 19.7. The molecule has 1 aromatic carbocycles. The van der Waals surface area contributed by atoms with Crippen molar-refractivity contribution in [3.8, 4) is 5.75 Å². The SMILES string of the molecule is C[C@@H](CN)NC(=O)CCOc1ccc(S(C)(=O)=O)cc1.Cl. The van der Waals surface area contributed by atoms with Crippen molar-refractivity contribution in [3.63, 3.8) is 0 Å². The molecule has 0 heterocycles. The third kappa shape index (κ3) is 7.31. The highest BCUT2D eigenvalue weighted by atomic mass is 35.5. The standard InChI is InChI=1S/C13H20N2O4S.ClH/c1-10(9-14)15-13(16)7-8-19-11-3-5-12(6-4-11)20(2,17)18;/h3-6,10H,7-9,14H2,1-2H3,(H,15,16);1H/t10-;/m0./s1. The van der Waals surface area contributed by atoms with Gasteiger partial charge in [0.2, 0.25) is 5.91 Å². The Balaban J connectivity index is 0.00000400. The molecule has 1 rings (SSSR count). The minimum Gasteiger partial charge on any atom is -0.493 e. The Bertz CT molecular complexity index is 546. The van der Waals surface area contributed by atoms with E-state index in [1.807, 2.05) is 6.92 Å². The highest BCUT2D eigenvalue weighted by Gasteiger charge is 2.08. The molecule has 8 heteroatoms. The number of ether oxygens (including phenoxy) is 1. The van der Waals surface area contributed by atoms with Crippen molar-refractivity contribution < 1.29 is 17.9 Å². The second-order valence-corrected chi connectivity index (χ2v) is 6.56. The molecule has 0 unspecified atom stereocenters. The zero-order valence-electron chi connectivity index (χ0n) is 12.0. The van der Waals surface area contributed by atoms with Gasteiger partial charge in [0.05, 0.1) is 17.9 Å². The number of benzene rings is 1. The summed E-state index contributed by atoms with van der Waals surface area (Å²) in [5, 5.41) is 2.72. The van der Waals surface area contributed by atoms with Gasteiger partial charge in [0, 0.05) is 18.8 Å². The highest BCUT2D eigenvalue weighted by molar-refractivity contribution is 7.90. The summed E-state index contributed by atoms with van der Waals surface area (Å²) in [5.41, 5.74) is 5.39. The molecule has 1 aromatic rings. The number of nitrogens with two attached hydrogens (primary N) is 1. The molecule has 0 bridgehead atoms. The van der Waals surface area contributed by atoms with Crippen molar-refractivity contribution >= 4 is 28.2 Å². The molecule has 3 N–H and O–H groups in total. The molecular formula is C13H21ClN2O4S. The number of carbonyl (C=O) groups is 1. The zero-order chi connectivity index (χ0) is 15.2. The molecule has 0 saturated carbocycles. The van der Waals surface area contributed by atoms with Gasteiger partial charge < -0.3 is 15.8 Å². The maximum Gasteiger partial charge on any atom is 0.223 e. The Kier molecular flexibility index (Phi) is 8.31. The molecule has 120 valence electrons. The molecule has 0 radical (unpaired) electrons. The van der Waals surface area contributed by atoms with Gasteiger partial charge in [0.15, 0.2) is 9.84 Å². The lowest BCUT2D eigenvalue weighted by atomic mass is 10.3. The van der Waals surface area contributed by atoms with Crippen LogP contribution in [-0.2, 0) is 14.6 Å². The molecule has 0 fully saturated rings. The van der Waals surface area contributed by atoms with Crippen molar-refractivity contribution in [2.45, 2.75) is 24.3 Å². The molecule has 0 aliphatic carbocycles. The average molecular weight is 337 g/mol. The summed E-state index contributed by atoms with van der Waals surface area (Å²) in [5.74, 6) is 0.396. The van der Waals surface area contributed by atoms with E-state index in [4.69, 9.17) is 10.5 Å². The van der Waals surface area contributed by atoms with Crippen molar-refractivity contribution in [2.75, 3.05) is 19.4 Å². The Labute approximate surface area is 131 Å². The van der Waals surface area contributed by atoms with E-state index in [1.165, 1.54) is 12.1 Å². The van der Waals surface area contributed by atoms with Crippen LogP contribution in [0.1, 0.15) is 13.3 Å². The first-order valence-electron chi connectivity index (χ1n) is 6.25. The number of hydrogen-bond donors (Lipinski definition) is 2. The third-order valence-electron chi connectivity index (χ3n) is 2.61. The quantitative estimate of drug-likeness (QED) is 0.765. The van der Waals surface area contributed by atoms with Crippen LogP contribution < -0.4 is 15.8 Å². The van der Waals surface area contributed by atoms with Gasteiger partial charge in [-0.3, -0.25) is 4.79 Å². The van der Waals surface area contributed by atoms with Gasteiger partial charge in [-0.2, -0.15) is 0 Å². The van der Waals surface area contributed by atoms with Crippen molar-refractivity contribution in [1.82, 2.24) is 5.32 Å². The topological polar surface area (TPSA) is 98.5 Å². The molecule has 0 saturated heterocycles. The summed E-state index contributed by atoms with van der Waals surface area (Å²) < 4.78 is 27.9. The molecule has 6 nitrogen and oxygen atoms in total. The van der Waals surface area contributed by atoms with Gasteiger partial charge >= 0.3 is 0 Å². The zero-order valence-corrected chi connectivity index (χ0v) is 13.7. The maximum atomic E-state index is 11.5. The Morgan fingerprint density at radius 1 is 1.33 bits per heavy atom. The highest BCUT2D eigenvalue weighted by Crippen LogP contribution is 2.15. The smallest absolute Gasteiger partial charge is 0.223 e. The van der Waals surface area contributed by atoms with E-state index in [2.05, 4.69) is 5.32 Å². The molecule has 1 amide bonds.